The summed E-state index contributed by atoms with van der Waals surface area (Å²) in [4.78, 5) is 42.0. The molecule has 6 heteroatoms. The van der Waals surface area contributed by atoms with Crippen LogP contribution in [0.4, 0.5) is 0 Å². The molecule has 3 amide bonds. The SMILES string of the molecule is CCc1ccc(C(=O)N2CCN(C(=O)C(NC(=O)c3ccccc3)C(C)C)CC2)cc1. The molecular formula is C25H31N3O3. The van der Waals surface area contributed by atoms with E-state index in [0.29, 0.717) is 37.3 Å². The molecule has 0 saturated carbocycles. The number of benzene rings is 2. The Morgan fingerprint density at radius 3 is 1.97 bits per heavy atom. The molecule has 0 radical (unpaired) electrons. The summed E-state index contributed by atoms with van der Waals surface area (Å²) in [7, 11) is 0. The van der Waals surface area contributed by atoms with Crippen LogP contribution in [0.5, 0.6) is 0 Å². The van der Waals surface area contributed by atoms with E-state index in [1.165, 1.54) is 5.56 Å². The van der Waals surface area contributed by atoms with Gasteiger partial charge in [-0.3, -0.25) is 14.4 Å². The molecule has 31 heavy (non-hydrogen) atoms. The highest BCUT2D eigenvalue weighted by Gasteiger charge is 2.32. The van der Waals surface area contributed by atoms with Crippen molar-refractivity contribution >= 4 is 17.7 Å². The second kappa shape index (κ2) is 10.2. The molecule has 1 unspecified atom stereocenters. The quantitative estimate of drug-likeness (QED) is 0.780. The minimum atomic E-state index is -0.600. The maximum atomic E-state index is 13.1. The molecule has 2 aromatic rings. The van der Waals surface area contributed by atoms with Crippen LogP contribution in [-0.4, -0.2) is 59.7 Å². The summed E-state index contributed by atoms with van der Waals surface area (Å²) >= 11 is 0. The minimum absolute atomic E-state index is 0.00691. The van der Waals surface area contributed by atoms with Gasteiger partial charge in [0.05, 0.1) is 0 Å². The number of nitrogens with one attached hydrogen (secondary N) is 1. The number of hydrogen-bond donors (Lipinski definition) is 1. The molecule has 1 N–H and O–H groups in total. The first-order valence-electron chi connectivity index (χ1n) is 10.9. The van der Waals surface area contributed by atoms with Gasteiger partial charge >= 0.3 is 0 Å². The molecule has 3 rings (SSSR count). The maximum absolute atomic E-state index is 13.1. The lowest BCUT2D eigenvalue weighted by Gasteiger charge is -2.37. The maximum Gasteiger partial charge on any atom is 0.253 e. The van der Waals surface area contributed by atoms with E-state index in [9.17, 15) is 14.4 Å². The molecule has 0 aromatic heterocycles. The topological polar surface area (TPSA) is 69.7 Å². The Balaban J connectivity index is 1.59. The highest BCUT2D eigenvalue weighted by molar-refractivity contribution is 5.98. The molecular weight excluding hydrogens is 390 g/mol. The van der Waals surface area contributed by atoms with Crippen molar-refractivity contribution in [3.05, 3.63) is 71.3 Å². The van der Waals surface area contributed by atoms with E-state index in [2.05, 4.69) is 12.2 Å². The number of carbonyl (C=O) groups is 3. The molecule has 1 fully saturated rings. The van der Waals surface area contributed by atoms with Crippen molar-refractivity contribution in [3.63, 3.8) is 0 Å². The number of hydrogen-bond acceptors (Lipinski definition) is 3. The summed E-state index contributed by atoms with van der Waals surface area (Å²) in [5.74, 6) is -0.403. The van der Waals surface area contributed by atoms with E-state index in [-0.39, 0.29) is 23.6 Å². The van der Waals surface area contributed by atoms with E-state index < -0.39 is 6.04 Å². The van der Waals surface area contributed by atoms with Crippen LogP contribution in [0.3, 0.4) is 0 Å². The number of aryl methyl sites for hydroxylation is 1. The van der Waals surface area contributed by atoms with E-state index in [4.69, 9.17) is 0 Å². The lowest BCUT2D eigenvalue weighted by Crippen LogP contribution is -2.57. The smallest absolute Gasteiger partial charge is 0.253 e. The fourth-order valence-corrected chi connectivity index (χ4v) is 3.72. The van der Waals surface area contributed by atoms with E-state index in [1.807, 2.05) is 44.2 Å². The van der Waals surface area contributed by atoms with Crippen LogP contribution in [0.25, 0.3) is 0 Å². The molecule has 1 aliphatic rings. The third-order valence-corrected chi connectivity index (χ3v) is 5.74. The predicted molar refractivity (Wildman–Crippen MR) is 121 cm³/mol. The van der Waals surface area contributed by atoms with Gasteiger partial charge in [-0.2, -0.15) is 0 Å². The molecule has 0 bridgehead atoms. The van der Waals surface area contributed by atoms with Crippen LogP contribution >= 0.6 is 0 Å². The Labute approximate surface area is 184 Å². The van der Waals surface area contributed by atoms with Crippen molar-refractivity contribution in [1.82, 2.24) is 15.1 Å². The van der Waals surface area contributed by atoms with Gasteiger partial charge in [-0.05, 0) is 42.2 Å². The van der Waals surface area contributed by atoms with Gasteiger partial charge < -0.3 is 15.1 Å². The Hall–Kier alpha value is -3.15. The Bertz CT molecular complexity index is 901. The second-order valence-electron chi connectivity index (χ2n) is 8.23. The van der Waals surface area contributed by atoms with Crippen molar-refractivity contribution in [3.8, 4) is 0 Å². The monoisotopic (exact) mass is 421 g/mol. The molecule has 1 aliphatic heterocycles. The number of piperazine rings is 1. The first-order valence-corrected chi connectivity index (χ1v) is 10.9. The predicted octanol–water partition coefficient (Wildman–Crippen LogP) is 2.99. The zero-order chi connectivity index (χ0) is 22.4. The van der Waals surface area contributed by atoms with Crippen molar-refractivity contribution < 1.29 is 14.4 Å². The van der Waals surface area contributed by atoms with Gasteiger partial charge in [-0.1, -0.05) is 51.1 Å². The second-order valence-corrected chi connectivity index (χ2v) is 8.23. The summed E-state index contributed by atoms with van der Waals surface area (Å²) in [6.07, 6.45) is 0.938. The first kappa shape index (κ1) is 22.5. The number of rotatable bonds is 6. The van der Waals surface area contributed by atoms with Gasteiger partial charge in [0.25, 0.3) is 11.8 Å². The van der Waals surface area contributed by atoms with Crippen molar-refractivity contribution in [2.45, 2.75) is 33.2 Å². The van der Waals surface area contributed by atoms with Gasteiger partial charge in [0.1, 0.15) is 6.04 Å². The third kappa shape index (κ3) is 5.51. The van der Waals surface area contributed by atoms with Gasteiger partial charge in [-0.25, -0.2) is 0 Å². The lowest BCUT2D eigenvalue weighted by molar-refractivity contribution is -0.135. The van der Waals surface area contributed by atoms with Gasteiger partial charge in [0.15, 0.2) is 0 Å². The zero-order valence-electron chi connectivity index (χ0n) is 18.5. The number of carbonyl (C=O) groups excluding carboxylic acids is 3. The average Bonchev–Trinajstić information content (AvgIpc) is 2.82. The van der Waals surface area contributed by atoms with Crippen LogP contribution < -0.4 is 5.32 Å². The highest BCUT2D eigenvalue weighted by atomic mass is 16.2. The van der Waals surface area contributed by atoms with Crippen molar-refractivity contribution in [2.24, 2.45) is 5.92 Å². The lowest BCUT2D eigenvalue weighted by atomic mass is 10.0. The van der Waals surface area contributed by atoms with Crippen LogP contribution in [0.15, 0.2) is 54.6 Å². The third-order valence-electron chi connectivity index (χ3n) is 5.74. The van der Waals surface area contributed by atoms with Gasteiger partial charge in [-0.15, -0.1) is 0 Å². The summed E-state index contributed by atoms with van der Waals surface area (Å²) in [6.45, 7) is 7.82. The fraction of sp³-hybridized carbons (Fsp3) is 0.400. The van der Waals surface area contributed by atoms with Crippen LogP contribution in [0.1, 0.15) is 47.1 Å². The summed E-state index contributed by atoms with van der Waals surface area (Å²) in [5, 5.41) is 2.89. The van der Waals surface area contributed by atoms with Gasteiger partial charge in [0, 0.05) is 37.3 Å². The van der Waals surface area contributed by atoms with Crippen LogP contribution in [-0.2, 0) is 11.2 Å². The van der Waals surface area contributed by atoms with E-state index >= 15 is 0 Å². The standard InChI is InChI=1S/C25H31N3O3/c1-4-19-10-12-21(13-11-19)24(30)27-14-16-28(17-15-27)25(31)22(18(2)3)26-23(29)20-8-6-5-7-9-20/h5-13,18,22H,4,14-17H2,1-3H3,(H,26,29). The Morgan fingerprint density at radius 2 is 1.42 bits per heavy atom. The molecule has 0 aliphatic carbocycles. The van der Waals surface area contributed by atoms with Crippen LogP contribution in [0, 0.1) is 5.92 Å². The summed E-state index contributed by atoms with van der Waals surface area (Å²) < 4.78 is 0. The molecule has 1 atom stereocenters. The molecule has 0 spiro atoms. The normalized spacial score (nSPS) is 15.0. The Morgan fingerprint density at radius 1 is 0.839 bits per heavy atom. The highest BCUT2D eigenvalue weighted by Crippen LogP contribution is 2.14. The van der Waals surface area contributed by atoms with Crippen molar-refractivity contribution in [2.75, 3.05) is 26.2 Å². The molecule has 164 valence electrons. The first-order chi connectivity index (χ1) is 14.9. The zero-order valence-corrected chi connectivity index (χ0v) is 18.5. The largest absolute Gasteiger partial charge is 0.340 e. The summed E-state index contributed by atoms with van der Waals surface area (Å²) in [5.41, 5.74) is 2.40. The van der Waals surface area contributed by atoms with Crippen LogP contribution in [0.2, 0.25) is 0 Å². The summed E-state index contributed by atoms with van der Waals surface area (Å²) in [6, 6.07) is 16.0. The molecule has 1 heterocycles. The molecule has 6 nitrogen and oxygen atoms in total. The fourth-order valence-electron chi connectivity index (χ4n) is 3.72. The average molecular weight is 422 g/mol. The van der Waals surface area contributed by atoms with E-state index in [0.717, 1.165) is 6.42 Å². The van der Waals surface area contributed by atoms with Gasteiger partial charge in [0.2, 0.25) is 5.91 Å². The van der Waals surface area contributed by atoms with Crippen molar-refractivity contribution in [1.29, 1.82) is 0 Å². The Kier molecular flexibility index (Phi) is 7.45. The number of amides is 3. The molecule has 1 saturated heterocycles. The molecule has 2 aromatic carbocycles. The van der Waals surface area contributed by atoms with E-state index in [1.54, 1.807) is 34.1 Å². The number of nitrogens with zero attached hydrogens (tertiary/aromatic N) is 2. The minimum Gasteiger partial charge on any atom is -0.340 e.